The molecule has 4 aromatic rings. The van der Waals surface area contributed by atoms with Crippen LogP contribution in [0.4, 0.5) is 24.3 Å². The van der Waals surface area contributed by atoms with Crippen LogP contribution in [-0.4, -0.2) is 39.9 Å². The molecule has 0 spiro atoms. The molecule has 0 atom stereocenters. The van der Waals surface area contributed by atoms with E-state index >= 15 is 0 Å². The maximum Gasteiger partial charge on any atom is 0.573 e. The number of nitrogens with two attached hydrogens (primary N) is 1. The lowest BCUT2D eigenvalue weighted by Crippen LogP contribution is -2.24. The number of halogens is 3. The number of amides is 1. The van der Waals surface area contributed by atoms with Crippen LogP contribution >= 0.6 is 11.3 Å². The number of carbonyl (C=O) groups excluding carboxylic acids is 1. The van der Waals surface area contributed by atoms with E-state index in [2.05, 4.69) is 25.3 Å². The lowest BCUT2D eigenvalue weighted by molar-refractivity contribution is -0.274. The third-order valence-corrected chi connectivity index (χ3v) is 5.81. The second-order valence-corrected chi connectivity index (χ2v) is 8.30. The van der Waals surface area contributed by atoms with Gasteiger partial charge < -0.3 is 25.7 Å². The number of benzene rings is 2. The van der Waals surface area contributed by atoms with E-state index in [1.807, 2.05) is 11.6 Å². The van der Waals surface area contributed by atoms with Crippen LogP contribution in [0, 0.1) is 0 Å². The number of aryl methyl sites for hydroxylation is 1. The van der Waals surface area contributed by atoms with E-state index < -0.39 is 6.36 Å². The summed E-state index contributed by atoms with van der Waals surface area (Å²) in [5, 5.41) is 6.42. The van der Waals surface area contributed by atoms with Crippen LogP contribution in [-0.2, 0) is 7.05 Å². The molecule has 0 saturated heterocycles. The van der Waals surface area contributed by atoms with E-state index in [9.17, 15) is 18.0 Å². The topological polar surface area (TPSA) is 107 Å². The molecular weight excluding hydrogens is 457 g/mol. The van der Waals surface area contributed by atoms with E-state index in [0.29, 0.717) is 45.5 Å². The molecule has 33 heavy (non-hydrogen) atoms. The van der Waals surface area contributed by atoms with Gasteiger partial charge in [-0.1, -0.05) is 11.3 Å². The van der Waals surface area contributed by atoms with Crippen molar-refractivity contribution in [2.75, 3.05) is 18.4 Å². The van der Waals surface area contributed by atoms with Crippen LogP contribution < -0.4 is 21.1 Å². The van der Waals surface area contributed by atoms with Gasteiger partial charge in [-0.05, 0) is 49.7 Å². The van der Waals surface area contributed by atoms with Gasteiger partial charge in [0.2, 0.25) is 5.95 Å². The summed E-state index contributed by atoms with van der Waals surface area (Å²) in [7, 11) is 1.81. The molecule has 12 heteroatoms. The summed E-state index contributed by atoms with van der Waals surface area (Å²) in [5.41, 5.74) is 7.92. The lowest BCUT2D eigenvalue weighted by atomic mass is 10.2. The minimum Gasteiger partial charge on any atom is -0.406 e. The average Bonchev–Trinajstić information content (AvgIpc) is 3.29. The number of anilines is 2. The summed E-state index contributed by atoms with van der Waals surface area (Å²) in [6, 6.07) is 9.21. The molecule has 0 aliphatic rings. The van der Waals surface area contributed by atoms with Gasteiger partial charge in [0.1, 0.15) is 5.75 Å². The zero-order valence-electron chi connectivity index (χ0n) is 17.6. The number of aromatic nitrogens is 3. The quantitative estimate of drug-likeness (QED) is 0.326. The highest BCUT2D eigenvalue weighted by Crippen LogP contribution is 2.33. The van der Waals surface area contributed by atoms with Crippen LogP contribution in [0.2, 0.25) is 0 Å². The minimum absolute atomic E-state index is 0.183. The van der Waals surface area contributed by atoms with E-state index in [1.165, 1.54) is 29.5 Å². The van der Waals surface area contributed by atoms with Crippen molar-refractivity contribution in [1.82, 2.24) is 19.9 Å². The molecule has 0 aliphatic carbocycles. The van der Waals surface area contributed by atoms with Crippen LogP contribution in [0.3, 0.4) is 0 Å². The molecule has 1 amide bonds. The largest absolute Gasteiger partial charge is 0.573 e. The smallest absolute Gasteiger partial charge is 0.406 e. The number of nitrogens with one attached hydrogen (secondary N) is 2. The first-order chi connectivity index (χ1) is 15.7. The van der Waals surface area contributed by atoms with E-state index in [4.69, 9.17) is 5.73 Å². The van der Waals surface area contributed by atoms with Crippen molar-refractivity contribution in [1.29, 1.82) is 0 Å². The Labute approximate surface area is 190 Å². The monoisotopic (exact) mass is 478 g/mol. The number of fused-ring (bicyclic) bond motifs is 2. The first-order valence-electron chi connectivity index (χ1n) is 10.1. The number of ether oxygens (including phenoxy) is 1. The van der Waals surface area contributed by atoms with E-state index in [0.717, 1.165) is 18.4 Å². The summed E-state index contributed by atoms with van der Waals surface area (Å²) in [6.07, 6.45) is -3.10. The molecule has 0 fully saturated rings. The molecule has 0 bridgehead atoms. The maximum absolute atomic E-state index is 12.5. The fourth-order valence-electron chi connectivity index (χ4n) is 3.28. The zero-order chi connectivity index (χ0) is 23.6. The summed E-state index contributed by atoms with van der Waals surface area (Å²) in [4.78, 5) is 21.3. The predicted octanol–water partition coefficient (Wildman–Crippen LogP) is 4.29. The molecule has 4 N–H and O–H groups in total. The Kier molecular flexibility index (Phi) is 6.38. The van der Waals surface area contributed by atoms with Gasteiger partial charge in [-0.15, -0.1) is 13.2 Å². The number of alkyl halides is 3. The van der Waals surface area contributed by atoms with E-state index in [1.54, 1.807) is 18.2 Å². The average molecular weight is 479 g/mol. The second kappa shape index (κ2) is 9.24. The maximum atomic E-state index is 12.5. The summed E-state index contributed by atoms with van der Waals surface area (Å²) < 4.78 is 43.7. The van der Waals surface area contributed by atoms with Crippen molar-refractivity contribution in [2.24, 2.45) is 12.8 Å². The van der Waals surface area contributed by atoms with Crippen LogP contribution in [0.5, 0.6) is 5.75 Å². The van der Waals surface area contributed by atoms with Gasteiger partial charge in [-0.3, -0.25) is 4.79 Å². The molecule has 8 nitrogen and oxygen atoms in total. The molecule has 0 unspecified atom stereocenters. The molecule has 0 saturated carbocycles. The second-order valence-electron chi connectivity index (χ2n) is 7.27. The Morgan fingerprint density at radius 1 is 1.15 bits per heavy atom. The normalized spacial score (nSPS) is 11.8. The summed E-state index contributed by atoms with van der Waals surface area (Å²) in [5.74, 6) is -0.00442. The van der Waals surface area contributed by atoms with Crippen molar-refractivity contribution >= 4 is 49.6 Å². The molecule has 2 aromatic carbocycles. The van der Waals surface area contributed by atoms with Crippen molar-refractivity contribution < 1.29 is 22.7 Å². The number of carbonyl (C=O) groups is 1. The number of thiazole rings is 1. The SMILES string of the molecule is Cn1c(Nc2nc3ccc(OC(F)(F)F)cc3s2)nc2cc(C(=O)NCCCCN)ccc21. The third kappa shape index (κ3) is 5.34. The molecule has 0 aliphatic heterocycles. The highest BCUT2D eigenvalue weighted by atomic mass is 32.1. The number of unbranched alkanes of at least 4 members (excludes halogenated alkanes) is 1. The predicted molar refractivity (Wildman–Crippen MR) is 121 cm³/mol. The van der Waals surface area contributed by atoms with Gasteiger partial charge in [0.05, 0.1) is 21.3 Å². The Hall–Kier alpha value is -3.38. The Balaban J connectivity index is 1.53. The summed E-state index contributed by atoms with van der Waals surface area (Å²) in [6.45, 7) is 1.14. The highest BCUT2D eigenvalue weighted by Gasteiger charge is 2.31. The fraction of sp³-hybridized carbons (Fsp3) is 0.286. The van der Waals surface area contributed by atoms with E-state index in [-0.39, 0.29) is 11.7 Å². The Morgan fingerprint density at radius 3 is 2.73 bits per heavy atom. The third-order valence-electron chi connectivity index (χ3n) is 4.87. The molecule has 2 heterocycles. The molecule has 4 rings (SSSR count). The molecule has 174 valence electrons. The summed E-state index contributed by atoms with van der Waals surface area (Å²) >= 11 is 1.18. The number of rotatable bonds is 8. The number of hydrogen-bond acceptors (Lipinski definition) is 7. The van der Waals surface area contributed by atoms with Crippen molar-refractivity contribution in [3.63, 3.8) is 0 Å². The first kappa shape index (κ1) is 22.8. The van der Waals surface area contributed by atoms with Gasteiger partial charge in [-0.2, -0.15) is 0 Å². The molecule has 2 aromatic heterocycles. The van der Waals surface area contributed by atoms with Crippen LogP contribution in [0.1, 0.15) is 23.2 Å². The van der Waals surface area contributed by atoms with Gasteiger partial charge in [-0.25, -0.2) is 9.97 Å². The Bertz CT molecular complexity index is 1300. The fourth-order valence-corrected chi connectivity index (χ4v) is 4.17. The van der Waals surface area contributed by atoms with Crippen molar-refractivity contribution in [2.45, 2.75) is 19.2 Å². The standard InChI is InChI=1S/C21H21F3N6O2S/c1-30-16-7-4-12(18(31)26-9-3-2-8-25)10-15(16)27-19(30)29-20-28-14-6-5-13(11-17(14)33-20)32-21(22,23)24/h4-7,10-11H,2-3,8-9,25H2,1H3,(H,26,31)(H,27,28,29). The number of hydrogen-bond donors (Lipinski definition) is 3. The number of nitrogens with zero attached hydrogens (tertiary/aromatic N) is 3. The first-order valence-corrected chi connectivity index (χ1v) is 10.9. The minimum atomic E-state index is -4.76. The molecular formula is C21H21F3N6O2S. The van der Waals surface area contributed by atoms with Crippen molar-refractivity contribution in [3.8, 4) is 5.75 Å². The van der Waals surface area contributed by atoms with Crippen LogP contribution in [0.15, 0.2) is 36.4 Å². The number of imidazole rings is 1. The lowest BCUT2D eigenvalue weighted by Gasteiger charge is -2.07. The van der Waals surface area contributed by atoms with Gasteiger partial charge in [0, 0.05) is 25.2 Å². The van der Waals surface area contributed by atoms with Gasteiger partial charge in [0.25, 0.3) is 5.91 Å². The zero-order valence-corrected chi connectivity index (χ0v) is 18.4. The van der Waals surface area contributed by atoms with Gasteiger partial charge >= 0.3 is 6.36 Å². The van der Waals surface area contributed by atoms with Crippen LogP contribution in [0.25, 0.3) is 21.3 Å². The molecule has 0 radical (unpaired) electrons. The highest BCUT2D eigenvalue weighted by molar-refractivity contribution is 7.22. The van der Waals surface area contributed by atoms with Crippen molar-refractivity contribution in [3.05, 3.63) is 42.0 Å². The Morgan fingerprint density at radius 2 is 1.97 bits per heavy atom. The van der Waals surface area contributed by atoms with Gasteiger partial charge in [0.15, 0.2) is 5.13 Å².